The number of methoxy groups -OCH3 is 1. The molecule has 1 heterocycles. The number of halogens is 2. The van der Waals surface area contributed by atoms with Crippen molar-refractivity contribution in [2.75, 3.05) is 33.3 Å². The summed E-state index contributed by atoms with van der Waals surface area (Å²) in [6.45, 7) is 0.624. The molecule has 1 fully saturated rings. The van der Waals surface area contributed by atoms with Gasteiger partial charge >= 0.3 is 0 Å². The van der Waals surface area contributed by atoms with Crippen LogP contribution in [0.4, 0.5) is 8.78 Å². The Labute approximate surface area is 186 Å². The number of piperazine rings is 1. The molecule has 32 heavy (non-hydrogen) atoms. The number of rotatable bonds is 5. The maximum Gasteiger partial charge on any atom is 0.246 e. The molecule has 0 N–H and O–H groups in total. The highest BCUT2D eigenvalue weighted by molar-refractivity contribution is 7.89. The van der Waals surface area contributed by atoms with Crippen molar-refractivity contribution in [3.63, 3.8) is 0 Å². The number of sulfonamides is 1. The van der Waals surface area contributed by atoms with Crippen molar-refractivity contribution < 1.29 is 26.7 Å². The molecule has 1 unspecified atom stereocenters. The number of fused-ring (bicyclic) bond motifs is 1. The summed E-state index contributed by atoms with van der Waals surface area (Å²) in [5.74, 6) is -1.02. The topological polar surface area (TPSA) is 66.9 Å². The van der Waals surface area contributed by atoms with Crippen LogP contribution in [0.3, 0.4) is 0 Å². The van der Waals surface area contributed by atoms with E-state index >= 15 is 0 Å². The number of benzene rings is 2. The minimum absolute atomic E-state index is 0.0105. The van der Waals surface area contributed by atoms with Crippen molar-refractivity contribution >= 4 is 15.9 Å². The van der Waals surface area contributed by atoms with Crippen LogP contribution >= 0.6 is 0 Å². The normalized spacial score (nSPS) is 19.5. The van der Waals surface area contributed by atoms with Crippen molar-refractivity contribution in [3.05, 3.63) is 59.2 Å². The highest BCUT2D eigenvalue weighted by Crippen LogP contribution is 2.36. The molecular formula is C23H26F2N2O4S. The highest BCUT2D eigenvalue weighted by atomic mass is 32.2. The average molecular weight is 465 g/mol. The molecule has 1 aliphatic carbocycles. The van der Waals surface area contributed by atoms with E-state index in [1.807, 2.05) is 18.2 Å². The number of nitrogens with zero attached hydrogens (tertiary/aromatic N) is 2. The molecule has 0 spiro atoms. The van der Waals surface area contributed by atoms with E-state index in [0.29, 0.717) is 12.5 Å². The zero-order valence-electron chi connectivity index (χ0n) is 17.9. The number of hydrogen-bond donors (Lipinski definition) is 0. The van der Waals surface area contributed by atoms with E-state index in [9.17, 15) is 22.0 Å². The van der Waals surface area contributed by atoms with Gasteiger partial charge in [-0.1, -0.05) is 6.07 Å². The number of carbonyl (C=O) groups excluding carboxylic acids is 1. The summed E-state index contributed by atoms with van der Waals surface area (Å²) < 4.78 is 59.1. The summed E-state index contributed by atoms with van der Waals surface area (Å²) in [7, 11) is -2.46. The van der Waals surface area contributed by atoms with Crippen LogP contribution in [0.2, 0.25) is 0 Å². The van der Waals surface area contributed by atoms with Gasteiger partial charge in [-0.15, -0.1) is 0 Å². The summed E-state index contributed by atoms with van der Waals surface area (Å²) in [6, 6.07) is 8.40. The molecule has 0 saturated carbocycles. The Kier molecular flexibility index (Phi) is 6.48. The van der Waals surface area contributed by atoms with Gasteiger partial charge in [0.25, 0.3) is 0 Å². The monoisotopic (exact) mass is 464 g/mol. The van der Waals surface area contributed by atoms with Crippen LogP contribution in [0.25, 0.3) is 0 Å². The summed E-state index contributed by atoms with van der Waals surface area (Å²) in [6.07, 6.45) is 3.28. The molecular weight excluding hydrogens is 438 g/mol. The Hall–Kier alpha value is -2.52. The molecule has 2 aromatic carbocycles. The smallest absolute Gasteiger partial charge is 0.246 e. The summed E-state index contributed by atoms with van der Waals surface area (Å²) in [4.78, 5) is 14.1. The lowest BCUT2D eigenvalue weighted by molar-refractivity contribution is -0.132. The fourth-order valence-corrected chi connectivity index (χ4v) is 6.04. The first-order valence-electron chi connectivity index (χ1n) is 10.7. The Morgan fingerprint density at radius 2 is 1.84 bits per heavy atom. The number of hydrogen-bond acceptors (Lipinski definition) is 4. The van der Waals surface area contributed by atoms with Crippen molar-refractivity contribution in [2.24, 2.45) is 0 Å². The molecule has 9 heteroatoms. The Balaban J connectivity index is 1.39. The standard InChI is InChI=1S/C23H26F2N2O4S/c1-31-19-6-7-20-16(13-19)3-2-4-17(20)14-23(28)26-9-11-27(12-10-26)32(29,30)22-8-5-18(24)15-21(22)25/h5-8,13,15,17H,2-4,9-12,14H2,1H3. The fourth-order valence-electron chi connectivity index (χ4n) is 4.57. The number of aryl methyl sites for hydroxylation is 1. The molecule has 1 saturated heterocycles. The predicted molar refractivity (Wildman–Crippen MR) is 115 cm³/mol. The minimum atomic E-state index is -4.09. The Bertz CT molecular complexity index is 1110. The van der Waals surface area contributed by atoms with E-state index in [4.69, 9.17) is 4.74 Å². The summed E-state index contributed by atoms with van der Waals surface area (Å²) >= 11 is 0. The SMILES string of the molecule is COc1ccc2c(c1)CCCC2CC(=O)N1CCN(S(=O)(=O)c2ccc(F)cc2F)CC1. The van der Waals surface area contributed by atoms with Crippen molar-refractivity contribution in [1.29, 1.82) is 0 Å². The van der Waals surface area contributed by atoms with Gasteiger partial charge < -0.3 is 9.64 Å². The molecule has 1 aliphatic heterocycles. The van der Waals surface area contributed by atoms with Gasteiger partial charge in [0.1, 0.15) is 22.3 Å². The lowest BCUT2D eigenvalue weighted by atomic mass is 9.80. The van der Waals surface area contributed by atoms with Crippen molar-refractivity contribution in [3.8, 4) is 5.75 Å². The maximum atomic E-state index is 14.0. The fraction of sp³-hybridized carbons (Fsp3) is 0.435. The van der Waals surface area contributed by atoms with Crippen LogP contribution < -0.4 is 4.74 Å². The second-order valence-corrected chi connectivity index (χ2v) is 10.1. The van der Waals surface area contributed by atoms with Crippen LogP contribution in [-0.4, -0.2) is 56.8 Å². The van der Waals surface area contributed by atoms with Gasteiger partial charge in [-0.25, -0.2) is 17.2 Å². The molecule has 0 bridgehead atoms. The lowest BCUT2D eigenvalue weighted by Crippen LogP contribution is -2.50. The second kappa shape index (κ2) is 9.15. The van der Waals surface area contributed by atoms with Crippen LogP contribution in [0.1, 0.15) is 36.3 Å². The number of carbonyl (C=O) groups is 1. The van der Waals surface area contributed by atoms with E-state index in [-0.39, 0.29) is 38.0 Å². The molecule has 172 valence electrons. The van der Waals surface area contributed by atoms with Crippen molar-refractivity contribution in [1.82, 2.24) is 9.21 Å². The quantitative estimate of drug-likeness (QED) is 0.681. The lowest BCUT2D eigenvalue weighted by Gasteiger charge is -2.35. The summed E-state index contributed by atoms with van der Waals surface area (Å²) in [5.41, 5.74) is 2.39. The third-order valence-corrected chi connectivity index (χ3v) is 8.24. The van der Waals surface area contributed by atoms with Gasteiger partial charge in [0.15, 0.2) is 0 Å². The first kappa shape index (κ1) is 22.7. The maximum absolute atomic E-state index is 14.0. The van der Waals surface area contributed by atoms with Crippen LogP contribution in [0.5, 0.6) is 5.75 Å². The molecule has 0 aromatic heterocycles. The van der Waals surface area contributed by atoms with Crippen molar-refractivity contribution in [2.45, 2.75) is 36.5 Å². The van der Waals surface area contributed by atoms with Crippen LogP contribution in [0, 0.1) is 11.6 Å². The number of ether oxygens (including phenoxy) is 1. The van der Waals surface area contributed by atoms with E-state index in [0.717, 1.165) is 41.4 Å². The van der Waals surface area contributed by atoms with Gasteiger partial charge in [0.2, 0.25) is 15.9 Å². The minimum Gasteiger partial charge on any atom is -0.497 e. The van der Waals surface area contributed by atoms with Gasteiger partial charge in [-0.2, -0.15) is 4.31 Å². The van der Waals surface area contributed by atoms with E-state index in [2.05, 4.69) is 0 Å². The van der Waals surface area contributed by atoms with E-state index in [1.54, 1.807) is 12.0 Å². The molecule has 2 aliphatic rings. The molecule has 1 atom stereocenters. The Morgan fingerprint density at radius 3 is 2.53 bits per heavy atom. The van der Waals surface area contributed by atoms with Crippen LogP contribution in [0.15, 0.2) is 41.3 Å². The van der Waals surface area contributed by atoms with Gasteiger partial charge in [0, 0.05) is 38.7 Å². The van der Waals surface area contributed by atoms with Crippen LogP contribution in [-0.2, 0) is 21.2 Å². The van der Waals surface area contributed by atoms with E-state index < -0.39 is 26.6 Å². The molecule has 0 radical (unpaired) electrons. The third kappa shape index (κ3) is 4.49. The molecule has 1 amide bonds. The molecule has 2 aromatic rings. The summed E-state index contributed by atoms with van der Waals surface area (Å²) in [5, 5.41) is 0. The van der Waals surface area contributed by atoms with Gasteiger partial charge in [-0.05, 0) is 60.6 Å². The molecule has 4 rings (SSSR count). The zero-order valence-corrected chi connectivity index (χ0v) is 18.7. The Morgan fingerprint density at radius 1 is 1.09 bits per heavy atom. The second-order valence-electron chi connectivity index (χ2n) is 8.22. The first-order chi connectivity index (χ1) is 15.3. The van der Waals surface area contributed by atoms with E-state index in [1.165, 1.54) is 11.1 Å². The first-order valence-corrected chi connectivity index (χ1v) is 12.1. The predicted octanol–water partition coefficient (Wildman–Crippen LogP) is 3.32. The number of amides is 1. The largest absolute Gasteiger partial charge is 0.497 e. The molecule has 6 nitrogen and oxygen atoms in total. The zero-order chi connectivity index (χ0) is 22.9. The van der Waals surface area contributed by atoms with Gasteiger partial charge in [0.05, 0.1) is 7.11 Å². The van der Waals surface area contributed by atoms with Gasteiger partial charge in [-0.3, -0.25) is 4.79 Å². The average Bonchev–Trinajstić information content (AvgIpc) is 2.78. The highest BCUT2D eigenvalue weighted by Gasteiger charge is 2.33. The third-order valence-electron chi connectivity index (χ3n) is 6.31.